The van der Waals surface area contributed by atoms with Crippen LogP contribution in [-0.4, -0.2) is 20.1 Å². The molecule has 104 valence electrons. The third kappa shape index (κ3) is 2.91. The van der Waals surface area contributed by atoms with Gasteiger partial charge in [0, 0.05) is 24.7 Å². The first-order chi connectivity index (χ1) is 9.70. The molecular formula is C15H18N3OP. The highest BCUT2D eigenvalue weighted by atomic mass is 31.2. The number of hydrogen-bond acceptors (Lipinski definition) is 2. The van der Waals surface area contributed by atoms with E-state index in [-0.39, 0.29) is 0 Å². The Kier molecular flexibility index (Phi) is 4.59. The molecule has 2 aromatic carbocycles. The molecule has 20 heavy (non-hydrogen) atoms. The lowest BCUT2D eigenvalue weighted by Crippen LogP contribution is -2.38. The molecule has 0 saturated heterocycles. The van der Waals surface area contributed by atoms with Crippen LogP contribution < -0.4 is 21.0 Å². The van der Waals surface area contributed by atoms with Crippen molar-refractivity contribution in [3.8, 4) is 0 Å². The van der Waals surface area contributed by atoms with Crippen LogP contribution in [0.25, 0.3) is 0 Å². The molecule has 0 heterocycles. The lowest BCUT2D eigenvalue weighted by molar-refractivity contribution is 0.584. The molecule has 0 unspecified atom stereocenters. The predicted molar refractivity (Wildman–Crippen MR) is 85.3 cm³/mol. The standard InChI is InChI=1S/C15H18N3OP/c1-16-15(17-2)18-20(19,13-9-5-3-6-10-13)14-11-7-4-8-12-14/h3-12H,1-2H3,(H2,16,17,18,19). The van der Waals surface area contributed by atoms with Gasteiger partial charge < -0.3 is 10.4 Å². The molecule has 2 N–H and O–H groups in total. The van der Waals surface area contributed by atoms with Crippen LogP contribution in [0, 0.1) is 0 Å². The predicted octanol–water partition coefficient (Wildman–Crippen LogP) is 1.71. The molecule has 0 bridgehead atoms. The molecule has 2 aromatic rings. The van der Waals surface area contributed by atoms with Crippen LogP contribution in [0.3, 0.4) is 0 Å². The van der Waals surface area contributed by atoms with Gasteiger partial charge in [-0.2, -0.15) is 0 Å². The number of hydrogen-bond donors (Lipinski definition) is 2. The minimum absolute atomic E-state index is 0.501. The lowest BCUT2D eigenvalue weighted by Gasteiger charge is -2.22. The number of benzene rings is 2. The molecule has 0 fully saturated rings. The van der Waals surface area contributed by atoms with Crippen LogP contribution in [0.5, 0.6) is 0 Å². The molecule has 0 aromatic heterocycles. The fraction of sp³-hybridized carbons (Fsp3) is 0.133. The molecule has 2 rings (SSSR count). The van der Waals surface area contributed by atoms with Crippen LogP contribution in [0.2, 0.25) is 0 Å². The second-order valence-electron chi connectivity index (χ2n) is 4.21. The van der Waals surface area contributed by atoms with Crippen molar-refractivity contribution in [1.82, 2.24) is 10.4 Å². The Morgan fingerprint density at radius 2 is 1.40 bits per heavy atom. The number of nitrogens with one attached hydrogen (secondary N) is 2. The minimum Gasteiger partial charge on any atom is -0.359 e. The topological polar surface area (TPSA) is 53.5 Å². The van der Waals surface area contributed by atoms with Gasteiger partial charge in [-0.1, -0.05) is 36.4 Å². The first kappa shape index (κ1) is 14.4. The van der Waals surface area contributed by atoms with Crippen molar-refractivity contribution in [3.05, 3.63) is 60.7 Å². The van der Waals surface area contributed by atoms with Crippen LogP contribution in [0.15, 0.2) is 65.7 Å². The summed E-state index contributed by atoms with van der Waals surface area (Å²) in [6.07, 6.45) is 0. The average Bonchev–Trinajstić information content (AvgIpc) is 2.54. The number of rotatable bonds is 3. The third-order valence-electron chi connectivity index (χ3n) is 2.96. The van der Waals surface area contributed by atoms with Crippen molar-refractivity contribution >= 4 is 23.9 Å². The molecule has 0 radical (unpaired) electrons. The van der Waals surface area contributed by atoms with Crippen LogP contribution >= 0.6 is 7.29 Å². The van der Waals surface area contributed by atoms with Gasteiger partial charge in [-0.25, -0.2) is 0 Å². The van der Waals surface area contributed by atoms with E-state index in [1.54, 1.807) is 14.1 Å². The Morgan fingerprint density at radius 3 is 1.75 bits per heavy atom. The van der Waals surface area contributed by atoms with E-state index in [9.17, 15) is 4.57 Å². The van der Waals surface area contributed by atoms with E-state index in [1.165, 1.54) is 0 Å². The average molecular weight is 287 g/mol. The van der Waals surface area contributed by atoms with Gasteiger partial charge in [-0.3, -0.25) is 9.56 Å². The Bertz CT molecular complexity index is 583. The molecule has 0 atom stereocenters. The summed E-state index contributed by atoms with van der Waals surface area (Å²) in [6.45, 7) is 0. The Morgan fingerprint density at radius 1 is 0.950 bits per heavy atom. The highest BCUT2D eigenvalue weighted by Gasteiger charge is 2.27. The maximum absolute atomic E-state index is 13.5. The van der Waals surface area contributed by atoms with Crippen molar-refractivity contribution in [2.45, 2.75) is 0 Å². The van der Waals surface area contributed by atoms with E-state index in [0.29, 0.717) is 5.96 Å². The maximum atomic E-state index is 13.5. The highest BCUT2D eigenvalue weighted by molar-refractivity contribution is 7.77. The van der Waals surface area contributed by atoms with E-state index >= 15 is 0 Å². The summed E-state index contributed by atoms with van der Waals surface area (Å²) in [6, 6.07) is 18.8. The van der Waals surface area contributed by atoms with Crippen molar-refractivity contribution in [2.24, 2.45) is 4.99 Å². The quantitative estimate of drug-likeness (QED) is 0.513. The van der Waals surface area contributed by atoms with Gasteiger partial charge >= 0.3 is 0 Å². The molecule has 4 nitrogen and oxygen atoms in total. The van der Waals surface area contributed by atoms with Gasteiger partial charge in [0.25, 0.3) is 0 Å². The van der Waals surface area contributed by atoms with E-state index in [1.807, 2.05) is 60.7 Å². The summed E-state index contributed by atoms with van der Waals surface area (Å²) in [5.41, 5.74) is 0. The van der Waals surface area contributed by atoms with Crippen LogP contribution in [-0.2, 0) is 4.57 Å². The molecule has 0 aliphatic rings. The Hall–Kier alpha value is -2.06. The van der Waals surface area contributed by atoms with E-state index in [0.717, 1.165) is 10.6 Å². The summed E-state index contributed by atoms with van der Waals surface area (Å²) in [7, 11) is 0.441. The zero-order valence-electron chi connectivity index (χ0n) is 11.6. The minimum atomic E-state index is -2.96. The van der Waals surface area contributed by atoms with Gasteiger partial charge in [0.2, 0.25) is 7.29 Å². The molecule has 5 heteroatoms. The number of nitrogens with zero attached hydrogens (tertiary/aromatic N) is 1. The normalized spacial score (nSPS) is 12.0. The largest absolute Gasteiger partial charge is 0.359 e. The van der Waals surface area contributed by atoms with Crippen molar-refractivity contribution < 1.29 is 4.57 Å². The van der Waals surface area contributed by atoms with Crippen molar-refractivity contribution in [3.63, 3.8) is 0 Å². The number of aliphatic imine (C=N–C) groups is 1. The Labute approximate surface area is 119 Å². The first-order valence-electron chi connectivity index (χ1n) is 6.35. The molecule has 0 aliphatic heterocycles. The fourth-order valence-corrected chi connectivity index (χ4v) is 4.17. The highest BCUT2D eigenvalue weighted by Crippen LogP contribution is 2.38. The SMILES string of the molecule is CN=C(NC)NP(=O)(c1ccccc1)c1ccccc1. The smallest absolute Gasteiger partial charge is 0.229 e. The summed E-state index contributed by atoms with van der Waals surface area (Å²) in [4.78, 5) is 4.06. The molecule has 0 saturated carbocycles. The second-order valence-corrected chi connectivity index (χ2v) is 6.69. The first-order valence-corrected chi connectivity index (χ1v) is 8.05. The van der Waals surface area contributed by atoms with Crippen molar-refractivity contribution in [2.75, 3.05) is 14.1 Å². The second kappa shape index (κ2) is 6.40. The third-order valence-corrected chi connectivity index (χ3v) is 5.54. The number of guanidine groups is 1. The summed E-state index contributed by atoms with van der Waals surface area (Å²) in [5, 5.41) is 7.48. The van der Waals surface area contributed by atoms with Gasteiger partial charge in [-0.05, 0) is 24.3 Å². The van der Waals surface area contributed by atoms with E-state index < -0.39 is 7.29 Å². The van der Waals surface area contributed by atoms with Crippen LogP contribution in [0.4, 0.5) is 0 Å². The van der Waals surface area contributed by atoms with Crippen LogP contribution in [0.1, 0.15) is 0 Å². The van der Waals surface area contributed by atoms with Gasteiger partial charge in [-0.15, -0.1) is 0 Å². The van der Waals surface area contributed by atoms with E-state index in [4.69, 9.17) is 0 Å². The molecular weight excluding hydrogens is 269 g/mol. The van der Waals surface area contributed by atoms with Crippen molar-refractivity contribution in [1.29, 1.82) is 0 Å². The summed E-state index contributed by atoms with van der Waals surface area (Å²) >= 11 is 0. The zero-order valence-corrected chi connectivity index (χ0v) is 12.5. The van der Waals surface area contributed by atoms with Gasteiger partial charge in [0.15, 0.2) is 5.96 Å². The Balaban J connectivity index is 2.53. The van der Waals surface area contributed by atoms with E-state index in [2.05, 4.69) is 15.4 Å². The van der Waals surface area contributed by atoms with Gasteiger partial charge in [0.05, 0.1) is 0 Å². The lowest BCUT2D eigenvalue weighted by atomic mass is 10.4. The molecule has 0 amide bonds. The maximum Gasteiger partial charge on any atom is 0.229 e. The zero-order chi connectivity index (χ0) is 14.4. The fourth-order valence-electron chi connectivity index (χ4n) is 1.92. The molecule has 0 aliphatic carbocycles. The molecule has 0 spiro atoms. The van der Waals surface area contributed by atoms with Gasteiger partial charge in [0.1, 0.15) is 0 Å². The summed E-state index contributed by atoms with van der Waals surface area (Å²) in [5.74, 6) is 0.501. The summed E-state index contributed by atoms with van der Waals surface area (Å²) < 4.78 is 13.5. The monoisotopic (exact) mass is 287 g/mol.